The van der Waals surface area contributed by atoms with E-state index in [-0.39, 0.29) is 83.9 Å². The smallest absolute Gasteiger partial charge is 0.226 e. The first kappa shape index (κ1) is 53.0. The number of hydrogen-bond acceptors (Lipinski definition) is 8. The van der Waals surface area contributed by atoms with Gasteiger partial charge < -0.3 is 24.6 Å². The number of likely N-dealkylation sites (N-methyl/N-ethyl adjacent to an activating group) is 2. The first-order valence-corrected chi connectivity index (χ1v) is 22.6. The molecule has 0 spiro atoms. The Morgan fingerprint density at radius 1 is 0.833 bits per heavy atom. The number of methoxy groups -OCH3 is 2. The summed E-state index contributed by atoms with van der Waals surface area (Å²) in [5, 5.41) is 3.07. The zero-order valence-electron chi connectivity index (χ0n) is 40.6. The molecule has 0 bridgehead atoms. The van der Waals surface area contributed by atoms with E-state index in [9.17, 15) is 24.0 Å². The second kappa shape index (κ2) is 23.3. The van der Waals surface area contributed by atoms with Crippen molar-refractivity contribution in [1.29, 1.82) is 0 Å². The molecule has 1 aliphatic heterocycles. The molecule has 0 aliphatic carbocycles. The number of likely N-dealkylation sites (tertiary alicyclic amines) is 1. The number of amides is 3. The number of ketones is 2. The van der Waals surface area contributed by atoms with E-state index < -0.39 is 41.5 Å². The lowest BCUT2D eigenvalue weighted by atomic mass is 9.83. The molecule has 11 heteroatoms. The minimum absolute atomic E-state index is 0.00583. The van der Waals surface area contributed by atoms with Crippen LogP contribution < -0.4 is 5.32 Å². The van der Waals surface area contributed by atoms with Crippen molar-refractivity contribution in [2.45, 2.75) is 176 Å². The fraction of sp³-hybridized carbons (Fsp3) is 0.776. The van der Waals surface area contributed by atoms with Gasteiger partial charge in [-0.05, 0) is 91.2 Å². The molecule has 0 saturated carbocycles. The third-order valence-corrected chi connectivity index (χ3v) is 13.0. The summed E-state index contributed by atoms with van der Waals surface area (Å²) in [6.07, 6.45) is 1.67. The number of nitrogens with zero attached hydrogens (tertiary/aromatic N) is 3. The monoisotopic (exact) mass is 841 g/mol. The van der Waals surface area contributed by atoms with Crippen LogP contribution >= 0.6 is 0 Å². The van der Waals surface area contributed by atoms with Crippen molar-refractivity contribution in [3.05, 3.63) is 35.9 Å². The number of rotatable bonds is 23. The normalized spacial score (nSPS) is 19.1. The Bertz CT molecular complexity index is 1530. The molecule has 1 aliphatic rings. The van der Waals surface area contributed by atoms with Crippen molar-refractivity contribution >= 4 is 29.3 Å². The summed E-state index contributed by atoms with van der Waals surface area (Å²) in [6.45, 7) is 26.7. The molecule has 3 amide bonds. The summed E-state index contributed by atoms with van der Waals surface area (Å²) >= 11 is 0. The molecular weight excluding hydrogens is 757 g/mol. The molecule has 1 heterocycles. The molecule has 1 aromatic carbocycles. The van der Waals surface area contributed by atoms with Gasteiger partial charge in [-0.3, -0.25) is 28.9 Å². The van der Waals surface area contributed by atoms with Crippen LogP contribution in [0.4, 0.5) is 0 Å². The number of benzene rings is 1. The molecule has 11 nitrogen and oxygen atoms in total. The molecular formula is C49H84N4O7. The average molecular weight is 841 g/mol. The predicted octanol–water partition coefficient (Wildman–Crippen LogP) is 7.63. The van der Waals surface area contributed by atoms with Crippen molar-refractivity contribution in [3.63, 3.8) is 0 Å². The Morgan fingerprint density at radius 3 is 1.92 bits per heavy atom. The second-order valence-corrected chi connectivity index (χ2v) is 20.4. The Hall–Kier alpha value is -3.15. The number of carbonyl (C=O) groups is 5. The molecule has 1 aromatic rings. The number of hydrogen-bond donors (Lipinski definition) is 1. The van der Waals surface area contributed by atoms with Gasteiger partial charge in [0.2, 0.25) is 17.7 Å². The highest BCUT2D eigenvalue weighted by Gasteiger charge is 2.44. The molecule has 2 rings (SSSR count). The van der Waals surface area contributed by atoms with Gasteiger partial charge in [-0.25, -0.2) is 0 Å². The van der Waals surface area contributed by atoms with E-state index in [4.69, 9.17) is 9.47 Å². The predicted molar refractivity (Wildman–Crippen MR) is 241 cm³/mol. The van der Waals surface area contributed by atoms with Gasteiger partial charge in [-0.1, -0.05) is 85.2 Å². The highest BCUT2D eigenvalue weighted by Crippen LogP contribution is 2.32. The molecule has 0 radical (unpaired) electrons. The van der Waals surface area contributed by atoms with Gasteiger partial charge >= 0.3 is 0 Å². The molecule has 1 fully saturated rings. The first-order valence-electron chi connectivity index (χ1n) is 22.6. The quantitative estimate of drug-likeness (QED) is 0.119. The Balaban J connectivity index is 2.34. The molecule has 342 valence electrons. The van der Waals surface area contributed by atoms with Crippen molar-refractivity contribution in [2.24, 2.45) is 35.5 Å². The fourth-order valence-corrected chi connectivity index (χ4v) is 9.06. The van der Waals surface area contributed by atoms with Crippen LogP contribution in [-0.4, -0.2) is 120 Å². The number of ether oxygens (including phenoxy) is 2. The highest BCUT2D eigenvalue weighted by molar-refractivity contribution is 5.90. The lowest BCUT2D eigenvalue weighted by Gasteiger charge is -2.42. The fourth-order valence-electron chi connectivity index (χ4n) is 9.06. The maximum Gasteiger partial charge on any atom is 0.226 e. The first-order chi connectivity index (χ1) is 27.8. The maximum absolute atomic E-state index is 14.5. The summed E-state index contributed by atoms with van der Waals surface area (Å²) in [5.41, 5.74) is 0.307. The van der Waals surface area contributed by atoms with Gasteiger partial charge in [0, 0.05) is 69.5 Å². The van der Waals surface area contributed by atoms with Crippen molar-refractivity contribution < 1.29 is 33.4 Å². The minimum Gasteiger partial charge on any atom is -0.379 e. The molecule has 9 atom stereocenters. The Morgan fingerprint density at radius 2 is 1.43 bits per heavy atom. The maximum atomic E-state index is 14.5. The summed E-state index contributed by atoms with van der Waals surface area (Å²) in [4.78, 5) is 76.3. The second-order valence-electron chi connectivity index (χ2n) is 20.4. The Kier molecular flexibility index (Phi) is 20.6. The van der Waals surface area contributed by atoms with Crippen molar-refractivity contribution in [2.75, 3.05) is 34.9 Å². The van der Waals surface area contributed by atoms with E-state index in [1.54, 1.807) is 26.2 Å². The number of nitrogens with one attached hydrogen (secondary N) is 1. The minimum atomic E-state index is -0.610. The zero-order valence-corrected chi connectivity index (χ0v) is 40.6. The third kappa shape index (κ3) is 14.7. The SMILES string of the molecule is CC[C@H](C)[C@@H]([C@@H](CC(=O)N1CCC[C@H]1[C@H](OC)[C@@H](C)C(=O)C[C@@H](Cc1ccccc1)C(=O)NC(C)(C)C)OC)N(C)C(=O)[C@@H](CC(=O)[C@H](C(C)C)N(C)C(C)(C)C)C(C)C. The van der Waals surface area contributed by atoms with Crippen molar-refractivity contribution in [1.82, 2.24) is 20.0 Å². The largest absolute Gasteiger partial charge is 0.379 e. The van der Waals surface area contributed by atoms with E-state index in [1.165, 1.54) is 0 Å². The standard InChI is InChI=1S/C49H84N4O7/c1-18-33(6)44(51(14)47(58)37(31(2)3)29-40(55)43(32(4)5)52(15)49(11,12)13)41(59-16)30-42(56)53-26-22-25-38(53)45(60-17)34(7)39(54)28-36(46(57)50-48(8,9)10)27-35-23-20-19-21-24-35/h19-21,23-24,31-34,36-38,41,43-45H,18,22,25-30H2,1-17H3,(H,50,57)/t33-,34-,36+,37-,38-,41+,43-,44-,45+/m0/s1. The number of Topliss-reactive ketones (excluding diaryl/α,β-unsaturated/α-hetero) is 2. The summed E-state index contributed by atoms with van der Waals surface area (Å²) in [7, 11) is 6.94. The van der Waals surface area contributed by atoms with Crippen LogP contribution in [0.5, 0.6) is 0 Å². The van der Waals surface area contributed by atoms with Gasteiger partial charge in [0.15, 0.2) is 5.78 Å². The highest BCUT2D eigenvalue weighted by atomic mass is 16.5. The van der Waals surface area contributed by atoms with Crippen LogP contribution in [0.25, 0.3) is 0 Å². The third-order valence-electron chi connectivity index (χ3n) is 13.0. The van der Waals surface area contributed by atoms with Crippen LogP contribution in [0.3, 0.4) is 0 Å². The van der Waals surface area contributed by atoms with Gasteiger partial charge in [0.25, 0.3) is 0 Å². The van der Waals surface area contributed by atoms with Crippen LogP contribution in [0.2, 0.25) is 0 Å². The average Bonchev–Trinajstić information content (AvgIpc) is 3.65. The van der Waals surface area contributed by atoms with Crippen LogP contribution in [-0.2, 0) is 39.9 Å². The van der Waals surface area contributed by atoms with Gasteiger partial charge in [0.1, 0.15) is 5.78 Å². The summed E-state index contributed by atoms with van der Waals surface area (Å²) in [5.74, 6) is -2.11. The molecule has 1 saturated heterocycles. The van der Waals surface area contributed by atoms with Gasteiger partial charge in [-0.2, -0.15) is 0 Å². The van der Waals surface area contributed by atoms with E-state index in [1.807, 2.05) is 83.8 Å². The van der Waals surface area contributed by atoms with Crippen LogP contribution in [0.1, 0.15) is 134 Å². The van der Waals surface area contributed by atoms with E-state index in [0.29, 0.717) is 19.4 Å². The van der Waals surface area contributed by atoms with E-state index in [0.717, 1.165) is 18.4 Å². The van der Waals surface area contributed by atoms with Crippen molar-refractivity contribution in [3.8, 4) is 0 Å². The molecule has 60 heavy (non-hydrogen) atoms. The summed E-state index contributed by atoms with van der Waals surface area (Å²) < 4.78 is 12.2. The van der Waals surface area contributed by atoms with Crippen LogP contribution in [0, 0.1) is 35.5 Å². The van der Waals surface area contributed by atoms with E-state index >= 15 is 0 Å². The molecule has 1 N–H and O–H groups in total. The summed E-state index contributed by atoms with van der Waals surface area (Å²) in [6, 6.07) is 8.64. The van der Waals surface area contributed by atoms with E-state index in [2.05, 4.69) is 58.7 Å². The molecule has 0 aromatic heterocycles. The van der Waals surface area contributed by atoms with Gasteiger partial charge in [0.05, 0.1) is 36.8 Å². The lowest BCUT2D eigenvalue weighted by Crippen LogP contribution is -2.55. The number of carbonyl (C=O) groups excluding carboxylic acids is 5. The lowest BCUT2D eigenvalue weighted by molar-refractivity contribution is -0.149. The topological polar surface area (TPSA) is 126 Å². The zero-order chi connectivity index (χ0) is 45.9. The molecule has 0 unspecified atom stereocenters. The van der Waals surface area contributed by atoms with Crippen LogP contribution in [0.15, 0.2) is 30.3 Å². The Labute approximate surface area is 364 Å². The van der Waals surface area contributed by atoms with Gasteiger partial charge in [-0.15, -0.1) is 0 Å².